The van der Waals surface area contributed by atoms with Gasteiger partial charge in [-0.15, -0.1) is 0 Å². The number of amides is 4. The van der Waals surface area contributed by atoms with E-state index < -0.39 is 66.2 Å². The summed E-state index contributed by atoms with van der Waals surface area (Å²) in [6, 6.07) is 3.60. The lowest BCUT2D eigenvalue weighted by Crippen LogP contribution is -2.57. The molecule has 4 atom stereocenters. The fourth-order valence-electron chi connectivity index (χ4n) is 3.69. The number of H-pyrrole nitrogens is 1. The minimum Gasteiger partial charge on any atom is -0.481 e. The Morgan fingerprint density at radius 2 is 1.40 bits per heavy atom. The van der Waals surface area contributed by atoms with Gasteiger partial charge < -0.3 is 42.6 Å². The number of aromatic amines is 1. The van der Waals surface area contributed by atoms with Gasteiger partial charge in [-0.3, -0.25) is 24.0 Å². The number of benzene rings is 1. The first kappa shape index (κ1) is 31.4. The van der Waals surface area contributed by atoms with Crippen molar-refractivity contribution in [1.29, 1.82) is 0 Å². The maximum Gasteiger partial charge on any atom is 0.326 e. The molecule has 1 aromatic heterocycles. The van der Waals surface area contributed by atoms with E-state index in [1.165, 1.54) is 12.5 Å². The molecular formula is C25H33N7O8. The van der Waals surface area contributed by atoms with E-state index >= 15 is 0 Å². The van der Waals surface area contributed by atoms with E-state index in [9.17, 15) is 33.9 Å². The van der Waals surface area contributed by atoms with Crippen molar-refractivity contribution in [3.63, 3.8) is 0 Å². The fraction of sp³-hybridized carbons (Fsp3) is 0.400. The summed E-state index contributed by atoms with van der Waals surface area (Å²) in [6.45, 7) is 0. The monoisotopic (exact) mass is 559 g/mol. The van der Waals surface area contributed by atoms with E-state index in [2.05, 4.69) is 25.9 Å². The summed E-state index contributed by atoms with van der Waals surface area (Å²) in [6.07, 6.45) is 1.28. The van der Waals surface area contributed by atoms with Crippen LogP contribution in [0.1, 0.15) is 36.9 Å². The molecular weight excluding hydrogens is 526 g/mol. The van der Waals surface area contributed by atoms with Crippen molar-refractivity contribution in [3.8, 4) is 0 Å². The van der Waals surface area contributed by atoms with Gasteiger partial charge in [0.15, 0.2) is 0 Å². The molecule has 1 heterocycles. The molecule has 15 nitrogen and oxygen atoms in total. The van der Waals surface area contributed by atoms with Crippen LogP contribution in [0.2, 0.25) is 0 Å². The summed E-state index contributed by atoms with van der Waals surface area (Å²) in [5.74, 6) is -5.95. The smallest absolute Gasteiger partial charge is 0.326 e. The lowest BCUT2D eigenvalue weighted by Gasteiger charge is -2.25. The largest absolute Gasteiger partial charge is 0.481 e. The molecule has 0 bridgehead atoms. The Hall–Kier alpha value is -4.79. The van der Waals surface area contributed by atoms with Crippen LogP contribution in [-0.4, -0.2) is 79.9 Å². The maximum atomic E-state index is 13.1. The Labute approximate surface area is 229 Å². The van der Waals surface area contributed by atoms with Crippen molar-refractivity contribution in [2.24, 2.45) is 11.5 Å². The van der Waals surface area contributed by atoms with Crippen LogP contribution in [0.4, 0.5) is 0 Å². The Bertz CT molecular complexity index is 1170. The first-order chi connectivity index (χ1) is 19.0. The molecule has 0 aliphatic heterocycles. The number of imidazole rings is 1. The van der Waals surface area contributed by atoms with Crippen LogP contribution in [0.25, 0.3) is 0 Å². The summed E-state index contributed by atoms with van der Waals surface area (Å²) >= 11 is 0. The molecule has 0 aliphatic rings. The highest BCUT2D eigenvalue weighted by atomic mass is 16.4. The Morgan fingerprint density at radius 1 is 0.825 bits per heavy atom. The lowest BCUT2D eigenvalue weighted by molar-refractivity contribution is -0.143. The first-order valence-corrected chi connectivity index (χ1v) is 12.4. The number of hydrogen-bond donors (Lipinski definition) is 8. The number of carbonyl (C=O) groups is 6. The Kier molecular flexibility index (Phi) is 12.2. The van der Waals surface area contributed by atoms with Crippen molar-refractivity contribution in [3.05, 3.63) is 54.1 Å². The van der Waals surface area contributed by atoms with Crippen LogP contribution in [-0.2, 0) is 41.6 Å². The zero-order valence-electron chi connectivity index (χ0n) is 21.5. The van der Waals surface area contributed by atoms with Gasteiger partial charge in [-0.05, 0) is 24.8 Å². The van der Waals surface area contributed by atoms with Gasteiger partial charge in [0.1, 0.15) is 18.1 Å². The second kappa shape index (κ2) is 15.6. The Morgan fingerprint density at radius 3 is 1.93 bits per heavy atom. The molecule has 0 radical (unpaired) electrons. The predicted molar refractivity (Wildman–Crippen MR) is 139 cm³/mol. The number of nitrogens with zero attached hydrogens (tertiary/aromatic N) is 1. The normalized spacial score (nSPS) is 13.7. The van der Waals surface area contributed by atoms with Crippen molar-refractivity contribution in [2.45, 2.75) is 62.7 Å². The molecule has 216 valence electrons. The molecule has 0 aliphatic carbocycles. The average Bonchev–Trinajstić information content (AvgIpc) is 3.41. The second-order valence-corrected chi connectivity index (χ2v) is 9.04. The quantitative estimate of drug-likeness (QED) is 0.108. The summed E-state index contributed by atoms with van der Waals surface area (Å²) < 4.78 is 0. The SMILES string of the molecule is NC(=O)CCC(NC(=O)C(N)Cc1ccccc1)C(=O)NC(CCC(=O)O)C(=O)NC(Cc1cnc[nH]1)C(=O)O. The second-order valence-electron chi connectivity index (χ2n) is 9.04. The zero-order chi connectivity index (χ0) is 29.7. The van der Waals surface area contributed by atoms with Crippen molar-refractivity contribution in [1.82, 2.24) is 25.9 Å². The number of hydrogen-bond acceptors (Lipinski definition) is 8. The van der Waals surface area contributed by atoms with Crippen LogP contribution in [0.5, 0.6) is 0 Å². The third-order valence-corrected chi connectivity index (χ3v) is 5.82. The maximum absolute atomic E-state index is 13.1. The molecule has 0 spiro atoms. The number of carboxylic acid groups (broad SMARTS) is 2. The number of rotatable bonds is 17. The molecule has 0 saturated carbocycles. The van der Waals surface area contributed by atoms with Gasteiger partial charge in [0.2, 0.25) is 23.6 Å². The van der Waals surface area contributed by atoms with Crippen LogP contribution in [0.3, 0.4) is 0 Å². The van der Waals surface area contributed by atoms with Gasteiger partial charge in [-0.2, -0.15) is 0 Å². The van der Waals surface area contributed by atoms with Crippen molar-refractivity contribution >= 4 is 35.6 Å². The highest BCUT2D eigenvalue weighted by Gasteiger charge is 2.31. The highest BCUT2D eigenvalue weighted by molar-refractivity contribution is 5.94. The van der Waals surface area contributed by atoms with E-state index in [4.69, 9.17) is 16.6 Å². The predicted octanol–water partition coefficient (Wildman–Crippen LogP) is -1.81. The van der Waals surface area contributed by atoms with E-state index in [0.29, 0.717) is 5.69 Å². The molecule has 10 N–H and O–H groups in total. The highest BCUT2D eigenvalue weighted by Crippen LogP contribution is 2.07. The molecule has 0 fully saturated rings. The zero-order valence-corrected chi connectivity index (χ0v) is 21.5. The van der Waals surface area contributed by atoms with Crippen LogP contribution < -0.4 is 27.4 Å². The Balaban J connectivity index is 2.15. The molecule has 2 aromatic rings. The van der Waals surface area contributed by atoms with Crippen molar-refractivity contribution < 1.29 is 39.0 Å². The molecule has 1 aromatic carbocycles. The van der Waals surface area contributed by atoms with Crippen LogP contribution >= 0.6 is 0 Å². The van der Waals surface area contributed by atoms with E-state index in [1.807, 2.05) is 0 Å². The molecule has 40 heavy (non-hydrogen) atoms. The van der Waals surface area contributed by atoms with Gasteiger partial charge in [0.05, 0.1) is 12.4 Å². The van der Waals surface area contributed by atoms with Gasteiger partial charge >= 0.3 is 11.9 Å². The molecule has 15 heteroatoms. The summed E-state index contributed by atoms with van der Waals surface area (Å²) in [5, 5.41) is 25.7. The van der Waals surface area contributed by atoms with Gasteiger partial charge in [0, 0.05) is 31.2 Å². The number of carboxylic acids is 2. The van der Waals surface area contributed by atoms with Gasteiger partial charge in [-0.1, -0.05) is 30.3 Å². The number of nitrogens with two attached hydrogens (primary N) is 2. The average molecular weight is 560 g/mol. The molecule has 4 amide bonds. The number of carbonyl (C=O) groups excluding carboxylic acids is 4. The summed E-state index contributed by atoms with van der Waals surface area (Å²) in [5.41, 5.74) is 12.4. The summed E-state index contributed by atoms with van der Waals surface area (Å²) in [4.78, 5) is 79.6. The molecule has 0 saturated heterocycles. The van der Waals surface area contributed by atoms with Crippen LogP contribution in [0.15, 0.2) is 42.9 Å². The molecule has 2 rings (SSSR count). The number of aromatic nitrogens is 2. The van der Waals surface area contributed by atoms with Gasteiger partial charge in [-0.25, -0.2) is 9.78 Å². The summed E-state index contributed by atoms with van der Waals surface area (Å²) in [7, 11) is 0. The number of nitrogens with one attached hydrogen (secondary N) is 4. The van der Waals surface area contributed by atoms with E-state index in [-0.39, 0.29) is 32.1 Å². The topological polar surface area (TPSA) is 260 Å². The molecule has 4 unspecified atom stereocenters. The minimum absolute atomic E-state index is 0.155. The van der Waals surface area contributed by atoms with Crippen molar-refractivity contribution in [2.75, 3.05) is 0 Å². The number of primary amides is 1. The van der Waals surface area contributed by atoms with E-state index in [0.717, 1.165) is 5.56 Å². The van der Waals surface area contributed by atoms with E-state index in [1.54, 1.807) is 30.3 Å². The minimum atomic E-state index is -1.47. The standard InChI is InChI=1S/C25H33N7O8/c26-16(10-14-4-2-1-3-5-14)22(36)30-17(6-8-20(27)33)23(37)31-18(7-9-21(34)35)24(38)32-19(25(39)40)11-15-12-28-13-29-15/h1-5,12-13,16-19H,6-11,26H2,(H2,27,33)(H,28,29)(H,30,36)(H,31,37)(H,32,38)(H,34,35)(H,39,40). The first-order valence-electron chi connectivity index (χ1n) is 12.4. The third-order valence-electron chi connectivity index (χ3n) is 5.82. The third kappa shape index (κ3) is 10.9. The fourth-order valence-corrected chi connectivity index (χ4v) is 3.69. The van der Waals surface area contributed by atoms with Gasteiger partial charge in [0.25, 0.3) is 0 Å². The van der Waals surface area contributed by atoms with Crippen LogP contribution in [0, 0.1) is 0 Å². The lowest BCUT2D eigenvalue weighted by atomic mass is 10.0. The number of aliphatic carboxylic acids is 2.